The summed E-state index contributed by atoms with van der Waals surface area (Å²) in [6.45, 7) is 4.28. The van der Waals surface area contributed by atoms with Crippen molar-refractivity contribution in [1.29, 1.82) is 0 Å². The Labute approximate surface area is 150 Å². The van der Waals surface area contributed by atoms with Crippen LogP contribution < -0.4 is 0 Å². The fourth-order valence-corrected chi connectivity index (χ4v) is 5.52. The predicted octanol–water partition coefficient (Wildman–Crippen LogP) is 3.58. The fraction of sp³-hybridized carbons (Fsp3) is 0.579. The smallest absolute Gasteiger partial charge is 0.261 e. The number of imide groups is 1. The molecule has 0 spiro atoms. The first-order valence-corrected chi connectivity index (χ1v) is 10.7. The van der Waals surface area contributed by atoms with Gasteiger partial charge in [-0.15, -0.1) is 0 Å². The number of benzene rings is 1. The number of sulfone groups is 1. The molecule has 1 heterocycles. The lowest BCUT2D eigenvalue weighted by atomic mass is 10.1. The Morgan fingerprint density at radius 1 is 1.12 bits per heavy atom. The average molecular weight is 365 g/mol. The van der Waals surface area contributed by atoms with Gasteiger partial charge in [0, 0.05) is 13.0 Å². The third kappa shape index (κ3) is 4.29. The Kier molecular flexibility index (Phi) is 6.76. The molecule has 1 aromatic rings. The van der Waals surface area contributed by atoms with Crippen LogP contribution in [0.3, 0.4) is 0 Å². The molecule has 1 saturated heterocycles. The van der Waals surface area contributed by atoms with Gasteiger partial charge in [-0.3, -0.25) is 14.5 Å². The summed E-state index contributed by atoms with van der Waals surface area (Å²) in [4.78, 5) is 26.2. The topological polar surface area (TPSA) is 71.5 Å². The maximum Gasteiger partial charge on any atom is 0.261 e. The van der Waals surface area contributed by atoms with Crippen LogP contribution in [0.5, 0.6) is 0 Å². The summed E-state index contributed by atoms with van der Waals surface area (Å²) in [6.07, 6.45) is 4.56. The van der Waals surface area contributed by atoms with E-state index < -0.39 is 21.0 Å². The van der Waals surface area contributed by atoms with Crippen molar-refractivity contribution in [1.82, 2.24) is 4.90 Å². The molecule has 2 rings (SSSR count). The molecule has 0 radical (unpaired) electrons. The summed E-state index contributed by atoms with van der Waals surface area (Å²) < 4.78 is 26.3. The van der Waals surface area contributed by atoms with E-state index in [1.54, 1.807) is 12.1 Å². The van der Waals surface area contributed by atoms with Crippen LogP contribution in [-0.2, 0) is 14.6 Å². The Morgan fingerprint density at radius 3 is 2.36 bits per heavy atom. The maximum atomic E-state index is 13.1. The molecule has 1 aliphatic heterocycles. The largest absolute Gasteiger partial charge is 0.278 e. The lowest BCUT2D eigenvalue weighted by molar-refractivity contribution is -0.130. The standard InChI is InChI=1S/C19H27NO4S/c1-3-9-15(10-4-2)25(23,24)17-12-6-5-11-16(17)19(22)20-14-8-7-13-18(20)21/h5-6,11-12,15H,3-4,7-10,13-14H2,1-2H3. The molecule has 0 saturated carbocycles. The van der Waals surface area contributed by atoms with Crippen LogP contribution in [0.2, 0.25) is 0 Å². The molecule has 0 atom stereocenters. The summed E-state index contributed by atoms with van der Waals surface area (Å²) >= 11 is 0. The van der Waals surface area contributed by atoms with E-state index in [0.29, 0.717) is 25.8 Å². The summed E-state index contributed by atoms with van der Waals surface area (Å²) in [7, 11) is -3.62. The molecular weight excluding hydrogens is 338 g/mol. The number of hydrogen-bond acceptors (Lipinski definition) is 4. The minimum absolute atomic E-state index is 0.0604. The second kappa shape index (κ2) is 8.61. The Balaban J connectivity index is 2.42. The van der Waals surface area contributed by atoms with E-state index in [9.17, 15) is 18.0 Å². The van der Waals surface area contributed by atoms with Crippen LogP contribution >= 0.6 is 0 Å². The minimum atomic E-state index is -3.62. The van der Waals surface area contributed by atoms with Gasteiger partial charge >= 0.3 is 0 Å². The molecule has 0 aliphatic carbocycles. The lowest BCUT2D eigenvalue weighted by Gasteiger charge is -2.26. The second-order valence-electron chi connectivity index (χ2n) is 6.55. The Hall–Kier alpha value is -1.69. The van der Waals surface area contributed by atoms with Gasteiger partial charge in [-0.25, -0.2) is 8.42 Å². The van der Waals surface area contributed by atoms with Crippen LogP contribution in [0.1, 0.15) is 69.2 Å². The van der Waals surface area contributed by atoms with E-state index in [1.807, 2.05) is 13.8 Å². The molecule has 25 heavy (non-hydrogen) atoms. The first-order valence-electron chi connectivity index (χ1n) is 9.11. The van der Waals surface area contributed by atoms with Crippen molar-refractivity contribution in [2.24, 2.45) is 0 Å². The lowest BCUT2D eigenvalue weighted by Crippen LogP contribution is -2.41. The fourth-order valence-electron chi connectivity index (χ4n) is 3.34. The molecule has 5 nitrogen and oxygen atoms in total. The van der Waals surface area contributed by atoms with Crippen molar-refractivity contribution in [2.75, 3.05) is 6.54 Å². The van der Waals surface area contributed by atoms with Gasteiger partial charge in [0.15, 0.2) is 9.84 Å². The van der Waals surface area contributed by atoms with Crippen molar-refractivity contribution in [2.45, 2.75) is 68.9 Å². The SMILES string of the molecule is CCCC(CCC)S(=O)(=O)c1ccccc1C(=O)N1CCCCC1=O. The van der Waals surface area contributed by atoms with Crippen LogP contribution in [0, 0.1) is 0 Å². The number of likely N-dealkylation sites (tertiary alicyclic amines) is 1. The van der Waals surface area contributed by atoms with Gasteiger partial charge in [-0.1, -0.05) is 38.8 Å². The van der Waals surface area contributed by atoms with E-state index in [1.165, 1.54) is 17.0 Å². The number of carbonyl (C=O) groups is 2. The number of amides is 2. The highest BCUT2D eigenvalue weighted by Crippen LogP contribution is 2.27. The molecule has 1 aliphatic rings. The van der Waals surface area contributed by atoms with Crippen molar-refractivity contribution in [3.63, 3.8) is 0 Å². The summed E-state index contributed by atoms with van der Waals surface area (Å²) in [5, 5.41) is -0.492. The van der Waals surface area contributed by atoms with Gasteiger partial charge in [0.25, 0.3) is 5.91 Å². The van der Waals surface area contributed by atoms with Crippen molar-refractivity contribution in [3.05, 3.63) is 29.8 Å². The van der Waals surface area contributed by atoms with Crippen LogP contribution in [0.25, 0.3) is 0 Å². The van der Waals surface area contributed by atoms with Crippen molar-refractivity contribution >= 4 is 21.7 Å². The minimum Gasteiger partial charge on any atom is -0.278 e. The van der Waals surface area contributed by atoms with E-state index in [0.717, 1.165) is 25.7 Å². The van der Waals surface area contributed by atoms with Gasteiger partial charge in [0.2, 0.25) is 5.91 Å². The molecule has 0 bridgehead atoms. The highest BCUT2D eigenvalue weighted by atomic mass is 32.2. The predicted molar refractivity (Wildman–Crippen MR) is 97.1 cm³/mol. The summed E-state index contributed by atoms with van der Waals surface area (Å²) in [5.41, 5.74) is 0.120. The van der Waals surface area contributed by atoms with Gasteiger partial charge in [0.1, 0.15) is 0 Å². The summed E-state index contributed by atoms with van der Waals surface area (Å²) in [5.74, 6) is -0.710. The third-order valence-corrected chi connectivity index (χ3v) is 6.97. The number of piperidine rings is 1. The molecule has 0 aromatic heterocycles. The van der Waals surface area contributed by atoms with Gasteiger partial charge in [-0.2, -0.15) is 0 Å². The van der Waals surface area contributed by atoms with Gasteiger partial charge in [-0.05, 0) is 37.8 Å². The number of rotatable bonds is 7. The van der Waals surface area contributed by atoms with Crippen molar-refractivity contribution < 1.29 is 18.0 Å². The first kappa shape index (κ1) is 19.6. The highest BCUT2D eigenvalue weighted by Gasteiger charge is 2.33. The molecule has 0 N–H and O–H groups in total. The number of nitrogens with zero attached hydrogens (tertiary/aromatic N) is 1. The number of carbonyl (C=O) groups excluding carboxylic acids is 2. The molecule has 2 amide bonds. The first-order chi connectivity index (χ1) is 11.9. The molecule has 1 fully saturated rings. The van der Waals surface area contributed by atoms with Crippen LogP contribution in [0.4, 0.5) is 0 Å². The summed E-state index contributed by atoms with van der Waals surface area (Å²) in [6, 6.07) is 6.30. The zero-order valence-corrected chi connectivity index (χ0v) is 15.8. The molecule has 138 valence electrons. The Bertz CT molecular complexity index is 721. The van der Waals surface area contributed by atoms with E-state index in [2.05, 4.69) is 0 Å². The monoisotopic (exact) mass is 365 g/mol. The van der Waals surface area contributed by atoms with Gasteiger partial charge in [0.05, 0.1) is 15.7 Å². The Morgan fingerprint density at radius 2 is 1.76 bits per heavy atom. The molecular formula is C19H27NO4S. The third-order valence-electron chi connectivity index (χ3n) is 4.65. The van der Waals surface area contributed by atoms with E-state index in [4.69, 9.17) is 0 Å². The second-order valence-corrected chi connectivity index (χ2v) is 8.74. The normalized spacial score (nSPS) is 15.6. The van der Waals surface area contributed by atoms with Crippen LogP contribution in [-0.4, -0.2) is 36.9 Å². The quantitative estimate of drug-likeness (QED) is 0.692. The van der Waals surface area contributed by atoms with Gasteiger partial charge < -0.3 is 0 Å². The number of hydrogen-bond donors (Lipinski definition) is 0. The maximum absolute atomic E-state index is 13.1. The van der Waals surface area contributed by atoms with E-state index >= 15 is 0 Å². The van der Waals surface area contributed by atoms with Crippen molar-refractivity contribution in [3.8, 4) is 0 Å². The average Bonchev–Trinajstić information content (AvgIpc) is 2.61. The zero-order chi connectivity index (χ0) is 18.4. The zero-order valence-electron chi connectivity index (χ0n) is 15.0. The molecule has 6 heteroatoms. The highest BCUT2D eigenvalue weighted by molar-refractivity contribution is 7.92. The molecule has 1 aromatic carbocycles. The molecule has 0 unspecified atom stereocenters. The van der Waals surface area contributed by atoms with Crippen LogP contribution in [0.15, 0.2) is 29.2 Å². The van der Waals surface area contributed by atoms with E-state index in [-0.39, 0.29) is 16.4 Å².